The monoisotopic (exact) mass is 340 g/mol. The molecule has 0 spiro atoms. The average Bonchev–Trinajstić information content (AvgIpc) is 2.85. The molecule has 0 radical (unpaired) electrons. The van der Waals surface area contributed by atoms with Gasteiger partial charge in [-0.05, 0) is 36.8 Å². The van der Waals surface area contributed by atoms with E-state index in [4.69, 9.17) is 11.6 Å². The Morgan fingerprint density at radius 3 is 2.82 bits per heavy atom. The third kappa shape index (κ3) is 2.51. The summed E-state index contributed by atoms with van der Waals surface area (Å²) in [5, 5.41) is 7.42. The molecule has 0 aliphatic heterocycles. The smallest absolute Gasteiger partial charge is 0.265 e. The van der Waals surface area contributed by atoms with Gasteiger partial charge in [-0.25, -0.2) is 17.5 Å². The fraction of sp³-hybridized carbons (Fsp3) is 0.0769. The Labute approximate surface area is 130 Å². The van der Waals surface area contributed by atoms with Gasteiger partial charge in [0.15, 0.2) is 5.65 Å². The Kier molecular flexibility index (Phi) is 3.50. The minimum Gasteiger partial charge on any atom is -0.268 e. The number of pyridine rings is 1. The molecule has 1 N–H and O–H groups in total. The van der Waals surface area contributed by atoms with Crippen molar-refractivity contribution in [1.29, 1.82) is 0 Å². The molecule has 0 saturated heterocycles. The van der Waals surface area contributed by atoms with Crippen molar-refractivity contribution in [3.05, 3.63) is 52.9 Å². The van der Waals surface area contributed by atoms with Crippen LogP contribution in [0.25, 0.3) is 5.65 Å². The van der Waals surface area contributed by atoms with Gasteiger partial charge < -0.3 is 0 Å². The van der Waals surface area contributed by atoms with Crippen molar-refractivity contribution < 1.29 is 12.8 Å². The molecule has 0 fully saturated rings. The van der Waals surface area contributed by atoms with Gasteiger partial charge in [0.25, 0.3) is 10.0 Å². The van der Waals surface area contributed by atoms with E-state index in [2.05, 4.69) is 14.9 Å². The van der Waals surface area contributed by atoms with Crippen molar-refractivity contribution in [3.63, 3.8) is 0 Å². The van der Waals surface area contributed by atoms with Gasteiger partial charge >= 0.3 is 0 Å². The SMILES string of the molecule is Cc1cc(S(=O)(=O)Nc2nnc3ccccn23)c(Cl)cc1F. The summed E-state index contributed by atoms with van der Waals surface area (Å²) in [4.78, 5) is -0.222. The second kappa shape index (κ2) is 5.22. The second-order valence-electron chi connectivity index (χ2n) is 4.59. The van der Waals surface area contributed by atoms with Gasteiger partial charge in [0.05, 0.1) is 5.02 Å². The number of nitrogens with zero attached hydrogens (tertiary/aromatic N) is 3. The summed E-state index contributed by atoms with van der Waals surface area (Å²) in [5.41, 5.74) is 0.664. The molecule has 0 bridgehead atoms. The minimum absolute atomic E-state index is 0.0219. The molecule has 114 valence electrons. The number of aryl methyl sites for hydroxylation is 1. The molecule has 6 nitrogen and oxygen atoms in total. The average molecular weight is 341 g/mol. The number of benzene rings is 1. The summed E-state index contributed by atoms with van der Waals surface area (Å²) in [6, 6.07) is 7.28. The van der Waals surface area contributed by atoms with Crippen LogP contribution in [0.15, 0.2) is 41.4 Å². The second-order valence-corrected chi connectivity index (χ2v) is 6.65. The zero-order chi connectivity index (χ0) is 15.9. The molecular weight excluding hydrogens is 331 g/mol. The Morgan fingerprint density at radius 1 is 1.27 bits per heavy atom. The van der Waals surface area contributed by atoms with E-state index in [9.17, 15) is 12.8 Å². The maximum Gasteiger partial charge on any atom is 0.265 e. The fourth-order valence-corrected chi connectivity index (χ4v) is 3.51. The fourth-order valence-electron chi connectivity index (χ4n) is 1.92. The summed E-state index contributed by atoms with van der Waals surface area (Å²) in [6.45, 7) is 1.46. The predicted octanol–water partition coefficient (Wildman–Crippen LogP) is 2.63. The van der Waals surface area contributed by atoms with Gasteiger partial charge in [-0.3, -0.25) is 4.40 Å². The van der Waals surface area contributed by atoms with Gasteiger partial charge in [0.2, 0.25) is 5.95 Å². The molecule has 0 aliphatic rings. The first-order valence-corrected chi connectivity index (χ1v) is 8.03. The van der Waals surface area contributed by atoms with E-state index >= 15 is 0 Å². The number of aromatic nitrogens is 3. The zero-order valence-corrected chi connectivity index (χ0v) is 12.9. The van der Waals surface area contributed by atoms with Crippen LogP contribution in [0.4, 0.5) is 10.3 Å². The van der Waals surface area contributed by atoms with Crippen LogP contribution < -0.4 is 4.72 Å². The molecule has 9 heteroatoms. The molecule has 0 amide bonds. The summed E-state index contributed by atoms with van der Waals surface area (Å²) in [7, 11) is -4.02. The molecule has 0 aliphatic carbocycles. The first-order chi connectivity index (χ1) is 10.4. The van der Waals surface area contributed by atoms with Crippen LogP contribution in [0.1, 0.15) is 5.56 Å². The van der Waals surface area contributed by atoms with Gasteiger partial charge in [-0.2, -0.15) is 0 Å². The third-order valence-corrected chi connectivity index (χ3v) is 4.83. The van der Waals surface area contributed by atoms with Crippen LogP contribution in [-0.2, 0) is 10.0 Å². The lowest BCUT2D eigenvalue weighted by Gasteiger charge is -2.09. The van der Waals surface area contributed by atoms with Crippen LogP contribution in [0, 0.1) is 12.7 Å². The minimum atomic E-state index is -4.02. The molecule has 2 heterocycles. The third-order valence-electron chi connectivity index (χ3n) is 3.04. The van der Waals surface area contributed by atoms with Crippen LogP contribution in [0.2, 0.25) is 5.02 Å². The van der Waals surface area contributed by atoms with E-state index in [1.807, 2.05) is 0 Å². The van der Waals surface area contributed by atoms with E-state index in [-0.39, 0.29) is 21.4 Å². The Balaban J connectivity index is 2.06. The summed E-state index contributed by atoms with van der Waals surface area (Å²) in [6.07, 6.45) is 1.62. The maximum atomic E-state index is 13.4. The standard InChI is InChI=1S/C13H10ClFN4O2S/c1-8-6-11(9(14)7-10(8)15)22(20,21)18-13-17-16-12-4-2-3-5-19(12)13/h2-7H,1H3,(H,17,18). The van der Waals surface area contributed by atoms with Crippen LogP contribution in [-0.4, -0.2) is 23.0 Å². The Morgan fingerprint density at radius 2 is 2.05 bits per heavy atom. The number of hydrogen-bond acceptors (Lipinski definition) is 4. The lowest BCUT2D eigenvalue weighted by atomic mass is 10.2. The molecular formula is C13H10ClFN4O2S. The molecule has 0 unspecified atom stereocenters. The van der Waals surface area contributed by atoms with Crippen molar-refractivity contribution in [2.24, 2.45) is 0 Å². The first kappa shape index (κ1) is 14.7. The quantitative estimate of drug-likeness (QED) is 0.795. The Hall–Kier alpha value is -2.19. The highest BCUT2D eigenvalue weighted by Crippen LogP contribution is 2.26. The number of sulfonamides is 1. The number of anilines is 1. The molecule has 3 aromatic rings. The summed E-state index contributed by atoms with van der Waals surface area (Å²) >= 11 is 5.84. The topological polar surface area (TPSA) is 76.4 Å². The van der Waals surface area contributed by atoms with E-state index in [1.54, 1.807) is 24.4 Å². The molecule has 22 heavy (non-hydrogen) atoms. The number of halogens is 2. The Bertz CT molecular complexity index is 971. The number of rotatable bonds is 3. The van der Waals surface area contributed by atoms with E-state index in [0.29, 0.717) is 5.65 Å². The normalized spacial score (nSPS) is 11.8. The number of fused-ring (bicyclic) bond motifs is 1. The largest absolute Gasteiger partial charge is 0.268 e. The molecule has 3 rings (SSSR count). The van der Waals surface area contributed by atoms with Crippen molar-refractivity contribution in [3.8, 4) is 0 Å². The molecule has 1 aromatic carbocycles. The van der Waals surface area contributed by atoms with E-state index in [1.165, 1.54) is 17.4 Å². The maximum absolute atomic E-state index is 13.4. The summed E-state index contributed by atoms with van der Waals surface area (Å²) in [5.74, 6) is -0.550. The highest BCUT2D eigenvalue weighted by Gasteiger charge is 2.22. The highest BCUT2D eigenvalue weighted by molar-refractivity contribution is 7.92. The lowest BCUT2D eigenvalue weighted by molar-refractivity contribution is 0.598. The van der Waals surface area contributed by atoms with Crippen LogP contribution in [0.3, 0.4) is 0 Å². The van der Waals surface area contributed by atoms with Crippen LogP contribution >= 0.6 is 11.6 Å². The van der Waals surface area contributed by atoms with Gasteiger partial charge in [0.1, 0.15) is 10.7 Å². The van der Waals surface area contributed by atoms with Crippen molar-refractivity contribution in [1.82, 2.24) is 14.6 Å². The van der Waals surface area contributed by atoms with Crippen molar-refractivity contribution in [2.75, 3.05) is 4.72 Å². The lowest BCUT2D eigenvalue weighted by Crippen LogP contribution is -2.16. The molecule has 0 atom stereocenters. The molecule has 2 aromatic heterocycles. The van der Waals surface area contributed by atoms with Gasteiger partial charge in [-0.1, -0.05) is 17.7 Å². The first-order valence-electron chi connectivity index (χ1n) is 6.17. The molecule has 0 saturated carbocycles. The number of hydrogen-bond donors (Lipinski definition) is 1. The van der Waals surface area contributed by atoms with Gasteiger partial charge in [0, 0.05) is 6.20 Å². The highest BCUT2D eigenvalue weighted by atomic mass is 35.5. The van der Waals surface area contributed by atoms with Crippen molar-refractivity contribution >= 4 is 33.2 Å². The van der Waals surface area contributed by atoms with Gasteiger partial charge in [-0.15, -0.1) is 10.2 Å². The number of nitrogens with one attached hydrogen (secondary N) is 1. The van der Waals surface area contributed by atoms with E-state index in [0.717, 1.165) is 6.07 Å². The van der Waals surface area contributed by atoms with Crippen LogP contribution in [0.5, 0.6) is 0 Å². The zero-order valence-electron chi connectivity index (χ0n) is 11.3. The summed E-state index contributed by atoms with van der Waals surface area (Å²) < 4.78 is 42.0. The van der Waals surface area contributed by atoms with Crippen molar-refractivity contribution in [2.45, 2.75) is 11.8 Å². The van der Waals surface area contributed by atoms with E-state index < -0.39 is 15.8 Å². The predicted molar refractivity (Wildman–Crippen MR) is 79.9 cm³/mol.